The zero-order valence-corrected chi connectivity index (χ0v) is 56.7. The van der Waals surface area contributed by atoms with Gasteiger partial charge in [-0.3, -0.25) is 9.59 Å². The van der Waals surface area contributed by atoms with Gasteiger partial charge in [0.15, 0.2) is 0 Å². The monoisotopic (exact) mass is 1170 g/mol. The number of amides is 1. The molecule has 0 saturated heterocycles. The van der Waals surface area contributed by atoms with Gasteiger partial charge >= 0.3 is 5.97 Å². The zero-order chi connectivity index (χ0) is 59.9. The van der Waals surface area contributed by atoms with Gasteiger partial charge in [0, 0.05) is 12.8 Å². The summed E-state index contributed by atoms with van der Waals surface area (Å²) < 4.78 is 5.47. The molecule has 1 amide bonds. The molecule has 0 aliphatic carbocycles. The number of aliphatic hydroxyl groups is 2. The van der Waals surface area contributed by atoms with Crippen molar-refractivity contribution in [1.82, 2.24) is 5.32 Å². The van der Waals surface area contributed by atoms with Crippen LogP contribution in [0.15, 0.2) is 12.2 Å². The fourth-order valence-corrected chi connectivity index (χ4v) is 12.5. The summed E-state index contributed by atoms with van der Waals surface area (Å²) in [5.41, 5.74) is 0. The van der Waals surface area contributed by atoms with E-state index in [4.69, 9.17) is 4.74 Å². The second-order valence-corrected chi connectivity index (χ2v) is 26.7. The molecule has 0 rings (SSSR count). The van der Waals surface area contributed by atoms with E-state index in [0.717, 1.165) is 44.9 Å². The number of hydrogen-bond acceptors (Lipinski definition) is 5. The lowest BCUT2D eigenvalue weighted by Crippen LogP contribution is -2.45. The topological polar surface area (TPSA) is 95.9 Å². The van der Waals surface area contributed by atoms with Crippen LogP contribution in [0.4, 0.5) is 0 Å². The Balaban J connectivity index is 3.34. The van der Waals surface area contributed by atoms with Crippen LogP contribution >= 0.6 is 0 Å². The quantitative estimate of drug-likeness (QED) is 0.0320. The van der Waals surface area contributed by atoms with E-state index in [0.29, 0.717) is 25.9 Å². The molecule has 6 heteroatoms. The minimum atomic E-state index is -0.663. The van der Waals surface area contributed by atoms with Crippen molar-refractivity contribution >= 4 is 11.9 Å². The zero-order valence-electron chi connectivity index (χ0n) is 56.7. The summed E-state index contributed by atoms with van der Waals surface area (Å²) in [5.74, 6) is -0.0149. The first-order valence-corrected chi connectivity index (χ1v) is 38.4. The van der Waals surface area contributed by atoms with Crippen molar-refractivity contribution < 1.29 is 24.5 Å². The van der Waals surface area contributed by atoms with Crippen LogP contribution in [-0.4, -0.2) is 47.4 Å². The van der Waals surface area contributed by atoms with Gasteiger partial charge in [-0.05, 0) is 44.9 Å². The molecule has 0 heterocycles. The second-order valence-electron chi connectivity index (χ2n) is 26.7. The Morgan fingerprint density at radius 3 is 0.892 bits per heavy atom. The van der Waals surface area contributed by atoms with E-state index in [2.05, 4.69) is 31.3 Å². The number of unbranched alkanes of at least 4 members (excludes halogenated alkanes) is 60. The first-order valence-electron chi connectivity index (χ1n) is 38.4. The molecule has 0 aliphatic rings. The van der Waals surface area contributed by atoms with Gasteiger partial charge in [0.25, 0.3) is 0 Å². The van der Waals surface area contributed by atoms with Crippen molar-refractivity contribution in [2.45, 2.75) is 456 Å². The summed E-state index contributed by atoms with van der Waals surface area (Å²) in [6.45, 7) is 4.97. The van der Waals surface area contributed by atoms with Gasteiger partial charge in [-0.1, -0.05) is 398 Å². The Labute approximate surface area is 520 Å². The number of aliphatic hydroxyl groups excluding tert-OH is 2. The summed E-state index contributed by atoms with van der Waals surface area (Å²) in [6.07, 6.45) is 91.5. The number of carbonyl (C=O) groups is 2. The van der Waals surface area contributed by atoms with Gasteiger partial charge in [0.05, 0.1) is 25.4 Å². The maximum Gasteiger partial charge on any atom is 0.305 e. The van der Waals surface area contributed by atoms with Crippen LogP contribution in [0.5, 0.6) is 0 Å². The molecular weight excluding hydrogens is 1020 g/mol. The summed E-state index contributed by atoms with van der Waals surface area (Å²) in [4.78, 5) is 24.6. The molecule has 0 radical (unpaired) electrons. The highest BCUT2D eigenvalue weighted by Crippen LogP contribution is 2.20. The number of nitrogens with one attached hydrogen (secondary N) is 1. The predicted octanol–water partition coefficient (Wildman–Crippen LogP) is 25.1. The number of ether oxygens (including phenoxy) is 1. The van der Waals surface area contributed by atoms with Crippen LogP contribution in [0.3, 0.4) is 0 Å². The summed E-state index contributed by atoms with van der Waals surface area (Å²) >= 11 is 0. The van der Waals surface area contributed by atoms with Crippen molar-refractivity contribution in [2.24, 2.45) is 0 Å². The first-order chi connectivity index (χ1) is 41.0. The van der Waals surface area contributed by atoms with Gasteiger partial charge < -0.3 is 20.3 Å². The molecule has 0 spiro atoms. The van der Waals surface area contributed by atoms with Gasteiger partial charge in [-0.2, -0.15) is 0 Å². The molecule has 494 valence electrons. The molecule has 83 heavy (non-hydrogen) atoms. The van der Waals surface area contributed by atoms with E-state index in [9.17, 15) is 19.8 Å². The van der Waals surface area contributed by atoms with Gasteiger partial charge in [0.2, 0.25) is 5.91 Å². The highest BCUT2D eigenvalue weighted by Gasteiger charge is 2.20. The number of rotatable bonds is 73. The number of esters is 1. The van der Waals surface area contributed by atoms with E-state index in [1.54, 1.807) is 0 Å². The summed E-state index contributed by atoms with van der Waals surface area (Å²) in [7, 11) is 0. The Bertz CT molecular complexity index is 1260. The fourth-order valence-electron chi connectivity index (χ4n) is 12.5. The Morgan fingerprint density at radius 2 is 0.578 bits per heavy atom. The molecule has 3 N–H and O–H groups in total. The van der Waals surface area contributed by atoms with Crippen LogP contribution in [0, 0.1) is 0 Å². The normalized spacial score (nSPS) is 12.5. The third-order valence-electron chi connectivity index (χ3n) is 18.3. The number of allylic oxidation sites excluding steroid dienone is 2. The lowest BCUT2D eigenvalue weighted by Gasteiger charge is -2.22. The average Bonchev–Trinajstić information content (AvgIpc) is 3.49. The molecular formula is C77H151NO5. The molecule has 0 fully saturated rings. The van der Waals surface area contributed by atoms with Crippen LogP contribution in [-0.2, 0) is 14.3 Å². The molecule has 0 aromatic rings. The lowest BCUT2D eigenvalue weighted by atomic mass is 10.0. The van der Waals surface area contributed by atoms with Crippen molar-refractivity contribution in [3.8, 4) is 0 Å². The first kappa shape index (κ1) is 81.6. The smallest absolute Gasteiger partial charge is 0.305 e. The maximum atomic E-state index is 12.6. The molecule has 6 nitrogen and oxygen atoms in total. The minimum Gasteiger partial charge on any atom is -0.466 e. The standard InChI is InChI=1S/C77H151NO5/c1-3-5-7-9-11-13-15-16-17-18-19-20-21-28-31-34-37-40-43-46-50-53-57-61-65-69-75(80)74(73-79)78-76(81)70-66-62-58-54-51-47-44-41-38-35-32-29-26-24-22-23-25-27-30-33-36-39-42-45-48-52-56-60-64-68-72-83-77(82)71-67-63-59-55-49-14-12-10-8-6-4-2/h10,12,74-75,79-80H,3-9,11,13-73H2,1-2H3,(H,78,81)/b12-10-. The number of hydrogen-bond donors (Lipinski definition) is 3. The van der Waals surface area contributed by atoms with Crippen LogP contribution in [0.25, 0.3) is 0 Å². The molecule has 2 unspecified atom stereocenters. The van der Waals surface area contributed by atoms with Crippen molar-refractivity contribution in [1.29, 1.82) is 0 Å². The highest BCUT2D eigenvalue weighted by atomic mass is 16.5. The van der Waals surface area contributed by atoms with Gasteiger partial charge in [-0.15, -0.1) is 0 Å². The van der Waals surface area contributed by atoms with Crippen LogP contribution in [0.2, 0.25) is 0 Å². The van der Waals surface area contributed by atoms with Crippen LogP contribution < -0.4 is 5.32 Å². The van der Waals surface area contributed by atoms with Gasteiger partial charge in [0.1, 0.15) is 0 Å². The minimum absolute atomic E-state index is 0.0101. The SMILES string of the molecule is CCCC/C=C\CCCCCCCC(=O)OCCCCCCCCCCCCCCCCCCCCCCCCCCCCCCCCC(=O)NC(CO)C(O)CCCCCCCCCCCCCCCCCCCCCCCCCCC. The molecule has 2 atom stereocenters. The van der Waals surface area contributed by atoms with E-state index < -0.39 is 12.1 Å². The van der Waals surface area contributed by atoms with Gasteiger partial charge in [-0.25, -0.2) is 0 Å². The second kappa shape index (κ2) is 73.1. The summed E-state index contributed by atoms with van der Waals surface area (Å²) in [6, 6.07) is -0.539. The highest BCUT2D eigenvalue weighted by molar-refractivity contribution is 5.76. The largest absolute Gasteiger partial charge is 0.466 e. The van der Waals surface area contributed by atoms with E-state index >= 15 is 0 Å². The van der Waals surface area contributed by atoms with E-state index in [1.807, 2.05) is 0 Å². The van der Waals surface area contributed by atoms with E-state index in [-0.39, 0.29) is 18.5 Å². The molecule has 0 saturated carbocycles. The molecule has 0 aliphatic heterocycles. The van der Waals surface area contributed by atoms with Crippen molar-refractivity contribution in [3.63, 3.8) is 0 Å². The Kier molecular flexibility index (Phi) is 71.8. The van der Waals surface area contributed by atoms with E-state index in [1.165, 1.54) is 366 Å². The Hall–Kier alpha value is -1.40. The molecule has 0 aromatic heterocycles. The van der Waals surface area contributed by atoms with Crippen LogP contribution in [0.1, 0.15) is 444 Å². The fraction of sp³-hybridized carbons (Fsp3) is 0.948. The lowest BCUT2D eigenvalue weighted by molar-refractivity contribution is -0.143. The number of carbonyl (C=O) groups excluding carboxylic acids is 2. The predicted molar refractivity (Wildman–Crippen MR) is 366 cm³/mol. The molecule has 0 aromatic carbocycles. The molecule has 0 bridgehead atoms. The average molecular weight is 1170 g/mol. The Morgan fingerprint density at radius 1 is 0.325 bits per heavy atom. The third kappa shape index (κ3) is 69.6. The maximum absolute atomic E-state index is 12.6. The summed E-state index contributed by atoms with van der Waals surface area (Å²) in [5, 5.41) is 23.5. The van der Waals surface area contributed by atoms with Crippen molar-refractivity contribution in [3.05, 3.63) is 12.2 Å². The third-order valence-corrected chi connectivity index (χ3v) is 18.3. The van der Waals surface area contributed by atoms with Crippen molar-refractivity contribution in [2.75, 3.05) is 13.2 Å².